The van der Waals surface area contributed by atoms with Crippen molar-refractivity contribution in [2.45, 2.75) is 19.3 Å². The lowest BCUT2D eigenvalue weighted by Gasteiger charge is -2.35. The molecule has 14 heavy (non-hydrogen) atoms. The maximum Gasteiger partial charge on any atom is 0.0815 e. The maximum absolute atomic E-state index is 9.45. The monoisotopic (exact) mass is 198 g/mol. The smallest absolute Gasteiger partial charge is 0.0815 e. The Bertz CT molecular complexity index is 209. The fourth-order valence-electron chi connectivity index (χ4n) is 3.73. The van der Waals surface area contributed by atoms with Crippen LogP contribution in [0, 0.1) is 23.7 Å². The maximum atomic E-state index is 9.45. The van der Waals surface area contributed by atoms with Crippen LogP contribution in [0.2, 0.25) is 0 Å². The van der Waals surface area contributed by atoms with Crippen LogP contribution in [0.1, 0.15) is 19.3 Å². The lowest BCUT2D eigenvalue weighted by atomic mass is 9.79. The molecule has 2 fully saturated rings. The van der Waals surface area contributed by atoms with Gasteiger partial charge >= 0.3 is 0 Å². The van der Waals surface area contributed by atoms with E-state index in [9.17, 15) is 5.11 Å². The van der Waals surface area contributed by atoms with Crippen LogP contribution in [0.25, 0.3) is 0 Å². The van der Waals surface area contributed by atoms with Crippen molar-refractivity contribution in [3.63, 3.8) is 0 Å². The van der Waals surface area contributed by atoms with Crippen molar-refractivity contribution in [2.75, 3.05) is 34.3 Å². The number of hydrogen-bond donors (Lipinski definition) is 1. The van der Waals surface area contributed by atoms with Gasteiger partial charge in [-0.15, -0.1) is 0 Å². The van der Waals surface area contributed by atoms with E-state index in [0.29, 0.717) is 12.5 Å². The average molecular weight is 198 g/mol. The van der Waals surface area contributed by atoms with Gasteiger partial charge in [-0.3, -0.25) is 0 Å². The number of fused-ring (bicyclic) bond motifs is 2. The van der Waals surface area contributed by atoms with Gasteiger partial charge in [0.05, 0.1) is 27.7 Å². The zero-order chi connectivity index (χ0) is 10.3. The van der Waals surface area contributed by atoms with Crippen LogP contribution in [0.3, 0.4) is 0 Å². The quantitative estimate of drug-likeness (QED) is 0.679. The molecule has 2 bridgehead atoms. The SMILES string of the molecule is C[N+](C)(C)CC1C2CCC(C2)C1CO. The van der Waals surface area contributed by atoms with Crippen LogP contribution >= 0.6 is 0 Å². The van der Waals surface area contributed by atoms with Crippen molar-refractivity contribution < 1.29 is 9.59 Å². The number of quaternary nitrogens is 1. The molecule has 1 N–H and O–H groups in total. The van der Waals surface area contributed by atoms with Crippen LogP contribution in [0.5, 0.6) is 0 Å². The van der Waals surface area contributed by atoms with E-state index in [2.05, 4.69) is 21.1 Å². The second kappa shape index (κ2) is 3.49. The Morgan fingerprint density at radius 3 is 2.14 bits per heavy atom. The highest BCUT2D eigenvalue weighted by Gasteiger charge is 2.48. The minimum absolute atomic E-state index is 0.422. The first kappa shape index (κ1) is 10.4. The third-order valence-corrected chi connectivity index (χ3v) is 4.24. The minimum Gasteiger partial charge on any atom is -0.396 e. The second-order valence-electron chi connectivity index (χ2n) is 6.32. The van der Waals surface area contributed by atoms with Gasteiger partial charge in [-0.2, -0.15) is 0 Å². The molecule has 0 saturated heterocycles. The molecule has 4 atom stereocenters. The highest BCUT2D eigenvalue weighted by molar-refractivity contribution is 4.95. The molecule has 0 aliphatic heterocycles. The van der Waals surface area contributed by atoms with Gasteiger partial charge in [0.15, 0.2) is 0 Å². The van der Waals surface area contributed by atoms with E-state index in [1.165, 1.54) is 25.8 Å². The molecule has 2 rings (SSSR count). The summed E-state index contributed by atoms with van der Waals surface area (Å²) in [5.41, 5.74) is 0. The van der Waals surface area contributed by atoms with E-state index in [-0.39, 0.29) is 0 Å². The van der Waals surface area contributed by atoms with Gasteiger partial charge in [0.25, 0.3) is 0 Å². The summed E-state index contributed by atoms with van der Waals surface area (Å²) >= 11 is 0. The Hall–Kier alpha value is -0.0800. The summed E-state index contributed by atoms with van der Waals surface area (Å²) < 4.78 is 1.05. The minimum atomic E-state index is 0.422. The molecular weight excluding hydrogens is 174 g/mol. The summed E-state index contributed by atoms with van der Waals surface area (Å²) in [7, 11) is 6.79. The third-order valence-electron chi connectivity index (χ3n) is 4.24. The molecule has 0 aromatic rings. The molecule has 0 aromatic heterocycles. The third kappa shape index (κ3) is 1.82. The van der Waals surface area contributed by atoms with E-state index < -0.39 is 0 Å². The van der Waals surface area contributed by atoms with Crippen LogP contribution in [-0.4, -0.2) is 43.9 Å². The number of nitrogens with zero attached hydrogens (tertiary/aromatic N) is 1. The van der Waals surface area contributed by atoms with Gasteiger partial charge in [0, 0.05) is 12.5 Å². The summed E-state index contributed by atoms with van der Waals surface area (Å²) in [6, 6.07) is 0. The van der Waals surface area contributed by atoms with Crippen LogP contribution in [-0.2, 0) is 0 Å². The predicted molar refractivity (Wildman–Crippen MR) is 57.8 cm³/mol. The normalized spacial score (nSPS) is 42.0. The highest BCUT2D eigenvalue weighted by Crippen LogP contribution is 2.52. The Morgan fingerprint density at radius 2 is 1.64 bits per heavy atom. The van der Waals surface area contributed by atoms with Crippen molar-refractivity contribution in [3.05, 3.63) is 0 Å². The highest BCUT2D eigenvalue weighted by atomic mass is 16.3. The topological polar surface area (TPSA) is 20.2 Å². The average Bonchev–Trinajstić information content (AvgIpc) is 2.60. The first-order valence-corrected chi connectivity index (χ1v) is 5.92. The van der Waals surface area contributed by atoms with Crippen molar-refractivity contribution >= 4 is 0 Å². The van der Waals surface area contributed by atoms with E-state index in [4.69, 9.17) is 0 Å². The zero-order valence-corrected chi connectivity index (χ0v) is 9.74. The van der Waals surface area contributed by atoms with Gasteiger partial charge in [0.2, 0.25) is 0 Å². The molecule has 2 aliphatic carbocycles. The van der Waals surface area contributed by atoms with E-state index in [1.807, 2.05) is 0 Å². The molecule has 82 valence electrons. The molecule has 0 aromatic carbocycles. The molecular formula is C12H24NO+. The van der Waals surface area contributed by atoms with Crippen molar-refractivity contribution in [2.24, 2.45) is 23.7 Å². The van der Waals surface area contributed by atoms with Crippen molar-refractivity contribution in [1.82, 2.24) is 0 Å². The molecule has 2 saturated carbocycles. The lowest BCUT2D eigenvalue weighted by molar-refractivity contribution is -0.874. The van der Waals surface area contributed by atoms with Gasteiger partial charge < -0.3 is 9.59 Å². The predicted octanol–water partition coefficient (Wildman–Crippen LogP) is 1.35. The first-order valence-electron chi connectivity index (χ1n) is 5.92. The van der Waals surface area contributed by atoms with Gasteiger partial charge in [0.1, 0.15) is 0 Å². The molecule has 0 spiro atoms. The largest absolute Gasteiger partial charge is 0.396 e. The molecule has 2 aliphatic rings. The number of aliphatic hydroxyl groups is 1. The number of hydrogen-bond acceptors (Lipinski definition) is 1. The standard InChI is InChI=1S/C12H24NO/c1-13(2,3)7-11-9-4-5-10(6-9)12(11)8-14/h9-12,14H,4-8H2,1-3H3/q+1. The van der Waals surface area contributed by atoms with Gasteiger partial charge in [-0.1, -0.05) is 0 Å². The Kier molecular flexibility index (Phi) is 2.61. The first-order chi connectivity index (χ1) is 6.51. The van der Waals surface area contributed by atoms with Crippen LogP contribution < -0.4 is 0 Å². The summed E-state index contributed by atoms with van der Waals surface area (Å²) in [6.45, 7) is 1.66. The lowest BCUT2D eigenvalue weighted by Crippen LogP contribution is -2.43. The summed E-state index contributed by atoms with van der Waals surface area (Å²) in [4.78, 5) is 0. The fraction of sp³-hybridized carbons (Fsp3) is 1.00. The molecule has 2 nitrogen and oxygen atoms in total. The molecule has 4 unspecified atom stereocenters. The fourth-order valence-corrected chi connectivity index (χ4v) is 3.73. The second-order valence-corrected chi connectivity index (χ2v) is 6.32. The van der Waals surface area contributed by atoms with Gasteiger partial charge in [-0.05, 0) is 37.0 Å². The summed E-state index contributed by atoms with van der Waals surface area (Å²) in [5.74, 6) is 3.18. The van der Waals surface area contributed by atoms with Crippen LogP contribution in [0.4, 0.5) is 0 Å². The Labute approximate surface area is 87.5 Å². The number of aliphatic hydroxyl groups excluding tert-OH is 1. The molecule has 0 amide bonds. The summed E-state index contributed by atoms with van der Waals surface area (Å²) in [5, 5.41) is 9.45. The Balaban J connectivity index is 2.03. The number of rotatable bonds is 3. The van der Waals surface area contributed by atoms with E-state index in [0.717, 1.165) is 22.2 Å². The Morgan fingerprint density at radius 1 is 1.07 bits per heavy atom. The molecule has 0 radical (unpaired) electrons. The van der Waals surface area contributed by atoms with E-state index >= 15 is 0 Å². The van der Waals surface area contributed by atoms with Crippen LogP contribution in [0.15, 0.2) is 0 Å². The van der Waals surface area contributed by atoms with Crippen molar-refractivity contribution in [3.8, 4) is 0 Å². The summed E-state index contributed by atoms with van der Waals surface area (Å²) in [6.07, 6.45) is 4.20. The molecule has 2 heteroatoms. The van der Waals surface area contributed by atoms with Gasteiger partial charge in [-0.25, -0.2) is 0 Å². The zero-order valence-electron chi connectivity index (χ0n) is 9.74. The molecule has 0 heterocycles. The van der Waals surface area contributed by atoms with Crippen molar-refractivity contribution in [1.29, 1.82) is 0 Å². The van der Waals surface area contributed by atoms with E-state index in [1.54, 1.807) is 0 Å².